The van der Waals surface area contributed by atoms with E-state index in [9.17, 15) is 33.6 Å². The maximum Gasteiger partial charge on any atom is 0.284 e. The first-order valence-corrected chi connectivity index (χ1v) is 34.1. The summed E-state index contributed by atoms with van der Waals surface area (Å²) >= 11 is 0.962. The Morgan fingerprint density at radius 3 is 1.45 bits per heavy atom. The summed E-state index contributed by atoms with van der Waals surface area (Å²) in [7, 11) is 5.22. The second kappa shape index (κ2) is 32.1. The molecule has 2 aliphatic rings. The molecule has 2 unspecified atom stereocenters. The van der Waals surface area contributed by atoms with Crippen LogP contribution in [0, 0.1) is 17.8 Å². The number of nitrogens with one attached hydrogen (secondary N) is 5. The zero-order valence-corrected chi connectivity index (χ0v) is 57.7. The number of nitrogens with zero attached hydrogens (tertiary/aromatic N) is 10. The van der Waals surface area contributed by atoms with Crippen molar-refractivity contribution in [2.45, 2.75) is 112 Å². The van der Waals surface area contributed by atoms with Crippen molar-refractivity contribution in [3.63, 3.8) is 0 Å². The smallest absolute Gasteiger partial charge is 0.284 e. The van der Waals surface area contributed by atoms with Crippen LogP contribution in [0.3, 0.4) is 0 Å². The highest BCUT2D eigenvalue weighted by atomic mass is 32.1. The summed E-state index contributed by atoms with van der Waals surface area (Å²) in [5.74, 6) is 1.65. The van der Waals surface area contributed by atoms with E-state index in [-0.39, 0.29) is 56.7 Å². The number of benzene rings is 3. The lowest BCUT2D eigenvalue weighted by Gasteiger charge is -2.38. The third-order valence-corrected chi connectivity index (χ3v) is 18.5. The molecule has 0 radical (unpaired) electrons. The molecule has 12 rings (SSSR count). The van der Waals surface area contributed by atoms with E-state index < -0.39 is 12.5 Å². The number of aliphatic hydroxyl groups excluding tert-OH is 1. The summed E-state index contributed by atoms with van der Waals surface area (Å²) in [6.07, 6.45) is 8.07. The predicted molar refractivity (Wildman–Crippen MR) is 372 cm³/mol. The molecule has 8 heterocycles. The molecule has 1 saturated heterocycles. The van der Waals surface area contributed by atoms with Crippen LogP contribution in [0.5, 0.6) is 17.2 Å². The normalized spacial score (nSPS) is 14.5. The van der Waals surface area contributed by atoms with Crippen molar-refractivity contribution in [1.29, 1.82) is 0 Å². The molecule has 0 bridgehead atoms. The molecule has 10 aromatic rings. The number of hydrogen-bond donors (Lipinski definition) is 8. The van der Waals surface area contributed by atoms with Crippen LogP contribution >= 0.6 is 11.3 Å². The number of aromatic nitrogens is 12. The van der Waals surface area contributed by atoms with Crippen LogP contribution in [0.15, 0.2) is 81.1 Å². The summed E-state index contributed by atoms with van der Waals surface area (Å²) in [5.41, 5.74) is 12.3. The minimum Gasteiger partial charge on any atom is -0.493 e. The number of ether oxygens (including phenoxy) is 3. The minimum atomic E-state index is -0.689. The van der Waals surface area contributed by atoms with Gasteiger partial charge >= 0.3 is 0 Å². The lowest BCUT2D eigenvalue weighted by Crippen LogP contribution is -2.50. The average Bonchev–Trinajstić information content (AvgIpc) is 1.70. The van der Waals surface area contributed by atoms with Crippen molar-refractivity contribution in [2.75, 3.05) is 39.5 Å². The van der Waals surface area contributed by atoms with Crippen LogP contribution in [0.1, 0.15) is 133 Å². The van der Waals surface area contributed by atoms with Crippen molar-refractivity contribution in [3.05, 3.63) is 141 Å². The van der Waals surface area contributed by atoms with Gasteiger partial charge in [0.1, 0.15) is 57.9 Å². The lowest BCUT2D eigenvalue weighted by molar-refractivity contribution is -0.133. The van der Waals surface area contributed by atoms with Crippen molar-refractivity contribution >= 4 is 67.8 Å². The molecule has 99 heavy (non-hydrogen) atoms. The van der Waals surface area contributed by atoms with Crippen molar-refractivity contribution in [2.24, 2.45) is 38.9 Å². The Morgan fingerprint density at radius 2 is 1.01 bits per heavy atom. The average molecular weight is 1370 g/mol. The molecule has 2 atom stereocenters. The van der Waals surface area contributed by atoms with Crippen LogP contribution in [-0.4, -0.2) is 143 Å². The highest BCUT2D eigenvalue weighted by molar-refractivity contribution is 7.16. The van der Waals surface area contributed by atoms with Gasteiger partial charge in [-0.3, -0.25) is 62.9 Å². The van der Waals surface area contributed by atoms with E-state index in [1.807, 2.05) is 64.1 Å². The van der Waals surface area contributed by atoms with Gasteiger partial charge in [0.2, 0.25) is 11.7 Å². The molecule has 1 aliphatic heterocycles. The Balaban J connectivity index is 0.000000161. The van der Waals surface area contributed by atoms with Crippen molar-refractivity contribution < 1.29 is 48.9 Å². The first kappa shape index (κ1) is 71.7. The standard InChI is InChI=1S/C24H31N5O4.C23H23N5O5S.C23H29N5O4/c1-4-6-18-20-21(29(3)27-18)24(31)26-22(25-20)17-13-15(8-10-19(17)33-5-2)11-14-7-9-16(12-14)23(30)28-32;1-4-6-14-18-19(28(3)26-14)23(31)25-21(24-18)13-11-12(7-8-15(13)33-5-2)20(29)16-9-10-17(34-16)22(30)27-32;1-4-6-17-20-21(27(3)26-17)23(31)25-22(24-20)16-9-14(7-8-19(16)32-5-2)10-28-11-15(12-28)18(30)13-29/h8,10,13-14,16,32H,4-7,9,11-12H2,1-3H3,(H,28,30)(H,25,26,31);7-11,32H,4-6H2,1-3H3,(H,27,30)(H,24,25,31);7-9,15,29H,4-6,10-13H2,1-3H3,(H,24,25,31). The number of amides is 2. The molecule has 1 saturated carbocycles. The molecule has 7 aromatic heterocycles. The number of hydroxylamine groups is 2. The molecule has 28 nitrogen and oxygen atoms in total. The molecule has 522 valence electrons. The lowest BCUT2D eigenvalue weighted by atomic mass is 9.94. The van der Waals surface area contributed by atoms with Gasteiger partial charge in [0, 0.05) is 58.2 Å². The fraction of sp³-hybridized carbons (Fsp3) is 0.414. The SMILES string of the molecule is CCCc1nn(C)c2c(=O)[nH]c(-c3cc(C(=O)c4ccc(C(=O)NO)s4)ccc3OCC)nc12.CCCc1nn(C)c2c(=O)[nH]c(-c3cc(CC4CCC(C(=O)NO)C4)ccc3OCC)nc12.CCCc1nn(C)c2c(=O)[nH]c(-c3cc(CN4CC(C(=O)CO)C4)ccc3OCC)nc12. The summed E-state index contributed by atoms with van der Waals surface area (Å²) in [4.78, 5) is 112. The third-order valence-electron chi connectivity index (χ3n) is 17.4. The number of carbonyl (C=O) groups excluding carboxylic acids is 4. The zero-order valence-electron chi connectivity index (χ0n) is 56.9. The highest BCUT2D eigenvalue weighted by Gasteiger charge is 2.33. The third kappa shape index (κ3) is 15.8. The number of aliphatic hydroxyl groups is 1. The number of H-pyrrole nitrogens is 3. The van der Waals surface area contributed by atoms with E-state index >= 15 is 0 Å². The maximum absolute atomic E-state index is 13.1. The van der Waals surface area contributed by atoms with E-state index in [0.717, 1.165) is 108 Å². The maximum atomic E-state index is 13.1. The Hall–Kier alpha value is -10.1. The molecule has 2 fully saturated rings. The van der Waals surface area contributed by atoms with Gasteiger partial charge in [-0.15, -0.1) is 11.3 Å². The fourth-order valence-corrected chi connectivity index (χ4v) is 13.6. The predicted octanol–water partition coefficient (Wildman–Crippen LogP) is 7.89. The van der Waals surface area contributed by atoms with Gasteiger partial charge in [-0.25, -0.2) is 25.9 Å². The van der Waals surface area contributed by atoms with E-state index in [2.05, 4.69) is 49.0 Å². The Morgan fingerprint density at radius 1 is 0.566 bits per heavy atom. The van der Waals surface area contributed by atoms with E-state index in [1.54, 1.807) is 59.7 Å². The van der Waals surface area contributed by atoms with Crippen LogP contribution in [0.4, 0.5) is 0 Å². The quantitative estimate of drug-likeness (QED) is 0.0153. The van der Waals surface area contributed by atoms with Crippen LogP contribution < -0.4 is 41.8 Å². The van der Waals surface area contributed by atoms with Gasteiger partial charge in [0.25, 0.3) is 22.6 Å². The Bertz CT molecular complexity index is 4810. The van der Waals surface area contributed by atoms with Gasteiger partial charge in [-0.1, -0.05) is 52.2 Å². The number of carbonyl (C=O) groups is 4. The number of likely N-dealkylation sites (tertiary alicyclic amines) is 1. The number of fused-ring (bicyclic) bond motifs is 3. The molecular weight excluding hydrogens is 1290 g/mol. The van der Waals surface area contributed by atoms with Crippen molar-refractivity contribution in [3.8, 4) is 51.4 Å². The monoisotopic (exact) mass is 1370 g/mol. The van der Waals surface area contributed by atoms with Crippen molar-refractivity contribution in [1.82, 2.24) is 75.1 Å². The second-order valence-corrected chi connectivity index (χ2v) is 25.6. The van der Waals surface area contributed by atoms with Gasteiger partial charge in [-0.2, -0.15) is 15.3 Å². The van der Waals surface area contributed by atoms with E-state index in [1.165, 1.54) is 16.8 Å². The summed E-state index contributed by atoms with van der Waals surface area (Å²) in [5, 5.41) is 40.2. The van der Waals surface area contributed by atoms with Gasteiger partial charge < -0.3 is 34.3 Å². The topological polar surface area (TPSA) is 375 Å². The first-order chi connectivity index (χ1) is 47.8. The zero-order chi connectivity index (χ0) is 70.8. The number of aryl methyl sites for hydroxylation is 6. The van der Waals surface area contributed by atoms with Crippen LogP contribution in [-0.2, 0) is 63.0 Å². The summed E-state index contributed by atoms with van der Waals surface area (Å²) in [6, 6.07) is 19.7. The minimum absolute atomic E-state index is 0.0924. The highest BCUT2D eigenvalue weighted by Crippen LogP contribution is 2.38. The Kier molecular flexibility index (Phi) is 23.2. The summed E-state index contributed by atoms with van der Waals surface area (Å²) < 4.78 is 22.1. The summed E-state index contributed by atoms with van der Waals surface area (Å²) in [6.45, 7) is 14.7. The van der Waals surface area contributed by atoms with Crippen LogP contribution in [0.25, 0.3) is 67.3 Å². The molecule has 2 amide bonds. The largest absolute Gasteiger partial charge is 0.493 e. The molecule has 1 aliphatic carbocycles. The number of aromatic amines is 3. The van der Waals surface area contributed by atoms with E-state index in [0.29, 0.717) is 130 Å². The first-order valence-electron chi connectivity index (χ1n) is 33.3. The van der Waals surface area contributed by atoms with Gasteiger partial charge in [0.15, 0.2) is 22.3 Å². The molecular formula is C70H83N15O13S. The molecule has 3 aromatic carbocycles. The molecule has 29 heteroatoms. The number of hydrogen-bond acceptors (Lipinski definition) is 21. The number of rotatable bonds is 25. The number of Topliss-reactive ketones (excluding diaryl/α,β-unsaturated/α-hetero) is 1. The van der Waals surface area contributed by atoms with Crippen LogP contribution in [0.2, 0.25) is 0 Å². The number of thiophene rings is 1. The fourth-order valence-electron chi connectivity index (χ4n) is 12.8. The molecule has 0 spiro atoms. The van der Waals surface area contributed by atoms with Gasteiger partial charge in [-0.05, 0) is 137 Å². The van der Waals surface area contributed by atoms with E-state index in [4.69, 9.17) is 44.7 Å². The molecule has 8 N–H and O–H groups in total. The number of ketones is 2. The second-order valence-electron chi connectivity index (χ2n) is 24.5. The van der Waals surface area contributed by atoms with Gasteiger partial charge in [0.05, 0.1) is 63.3 Å². The Labute approximate surface area is 572 Å².